The molecule has 2 aliphatic heterocycles. The van der Waals surface area contributed by atoms with E-state index in [4.69, 9.17) is 0 Å². The number of aryl methyl sites for hydroxylation is 1. The van der Waals surface area contributed by atoms with E-state index in [2.05, 4.69) is 15.0 Å². The standard InChI is InChI=1S/C21H25N5O2/c1-16-11-24-18(12-23-16)13-26-15-21(7-3-19(26)27)6-2-10-25(14-21)20(28)17-4-8-22-9-5-17/h4-5,8-9,11-12H,2-3,6-7,10,13-15H2,1H3. The van der Waals surface area contributed by atoms with Crippen LogP contribution >= 0.6 is 0 Å². The number of pyridine rings is 1. The minimum atomic E-state index is -0.0347. The number of amides is 2. The largest absolute Gasteiger partial charge is 0.338 e. The van der Waals surface area contributed by atoms with Crippen molar-refractivity contribution in [2.75, 3.05) is 19.6 Å². The number of nitrogens with zero attached hydrogens (tertiary/aromatic N) is 5. The summed E-state index contributed by atoms with van der Waals surface area (Å²) in [7, 11) is 0. The molecule has 28 heavy (non-hydrogen) atoms. The summed E-state index contributed by atoms with van der Waals surface area (Å²) >= 11 is 0. The molecule has 1 spiro atoms. The molecular weight excluding hydrogens is 354 g/mol. The second-order valence-corrected chi connectivity index (χ2v) is 7.97. The van der Waals surface area contributed by atoms with E-state index in [0.29, 0.717) is 31.6 Å². The zero-order chi connectivity index (χ0) is 19.6. The zero-order valence-electron chi connectivity index (χ0n) is 16.2. The molecule has 7 heteroatoms. The van der Waals surface area contributed by atoms with E-state index in [1.807, 2.05) is 16.7 Å². The van der Waals surface area contributed by atoms with Crippen molar-refractivity contribution in [3.05, 3.63) is 53.9 Å². The second-order valence-electron chi connectivity index (χ2n) is 7.97. The number of aromatic nitrogens is 3. The minimum Gasteiger partial charge on any atom is -0.338 e. The summed E-state index contributed by atoms with van der Waals surface area (Å²) in [5.41, 5.74) is 2.30. The first-order valence-corrected chi connectivity index (χ1v) is 9.79. The van der Waals surface area contributed by atoms with Crippen molar-refractivity contribution in [3.8, 4) is 0 Å². The van der Waals surface area contributed by atoms with Gasteiger partial charge in [0.15, 0.2) is 0 Å². The maximum Gasteiger partial charge on any atom is 0.253 e. The Balaban J connectivity index is 1.48. The van der Waals surface area contributed by atoms with Crippen molar-refractivity contribution < 1.29 is 9.59 Å². The molecule has 7 nitrogen and oxygen atoms in total. The predicted octanol–water partition coefficient (Wildman–Crippen LogP) is 2.23. The lowest BCUT2D eigenvalue weighted by Crippen LogP contribution is -2.54. The Hall–Kier alpha value is -2.83. The fraction of sp³-hybridized carbons (Fsp3) is 0.476. The van der Waals surface area contributed by atoms with Gasteiger partial charge >= 0.3 is 0 Å². The Morgan fingerprint density at radius 2 is 1.96 bits per heavy atom. The lowest BCUT2D eigenvalue weighted by Gasteiger charge is -2.48. The number of carbonyl (C=O) groups excluding carboxylic acids is 2. The van der Waals surface area contributed by atoms with Gasteiger partial charge in [-0.15, -0.1) is 0 Å². The molecule has 0 radical (unpaired) electrons. The van der Waals surface area contributed by atoms with Gasteiger partial charge in [0, 0.05) is 55.6 Å². The number of hydrogen-bond donors (Lipinski definition) is 0. The van der Waals surface area contributed by atoms with Gasteiger partial charge in [0.2, 0.25) is 5.91 Å². The van der Waals surface area contributed by atoms with Crippen molar-refractivity contribution in [1.29, 1.82) is 0 Å². The van der Waals surface area contributed by atoms with Crippen LogP contribution in [0.15, 0.2) is 36.9 Å². The SMILES string of the molecule is Cc1cnc(CN2CC3(CCCN(C(=O)c4ccncc4)C3)CCC2=O)cn1. The molecule has 4 heterocycles. The summed E-state index contributed by atoms with van der Waals surface area (Å²) < 4.78 is 0. The van der Waals surface area contributed by atoms with E-state index in [1.165, 1.54) is 0 Å². The summed E-state index contributed by atoms with van der Waals surface area (Å²) in [6.45, 7) is 4.50. The molecule has 2 saturated heterocycles. The molecule has 0 bridgehead atoms. The molecule has 0 saturated carbocycles. The van der Waals surface area contributed by atoms with E-state index in [0.717, 1.165) is 37.2 Å². The highest BCUT2D eigenvalue weighted by molar-refractivity contribution is 5.94. The molecule has 1 atom stereocenters. The summed E-state index contributed by atoms with van der Waals surface area (Å²) in [4.78, 5) is 41.9. The van der Waals surface area contributed by atoms with Gasteiger partial charge in [-0.2, -0.15) is 0 Å². The molecule has 2 fully saturated rings. The molecule has 0 aromatic carbocycles. The zero-order valence-corrected chi connectivity index (χ0v) is 16.2. The van der Waals surface area contributed by atoms with Crippen LogP contribution < -0.4 is 0 Å². The fourth-order valence-corrected chi connectivity index (χ4v) is 4.33. The van der Waals surface area contributed by atoms with E-state index >= 15 is 0 Å². The highest BCUT2D eigenvalue weighted by Crippen LogP contribution is 2.39. The fourth-order valence-electron chi connectivity index (χ4n) is 4.33. The van der Waals surface area contributed by atoms with Gasteiger partial charge in [0.05, 0.1) is 24.1 Å². The summed E-state index contributed by atoms with van der Waals surface area (Å²) in [5, 5.41) is 0. The van der Waals surface area contributed by atoms with Crippen molar-refractivity contribution >= 4 is 11.8 Å². The molecular formula is C21H25N5O2. The van der Waals surface area contributed by atoms with E-state index in [9.17, 15) is 9.59 Å². The van der Waals surface area contributed by atoms with Gasteiger partial charge in [0.1, 0.15) is 0 Å². The lowest BCUT2D eigenvalue weighted by atomic mass is 9.73. The highest BCUT2D eigenvalue weighted by Gasteiger charge is 2.42. The van der Waals surface area contributed by atoms with Crippen LogP contribution in [0.25, 0.3) is 0 Å². The molecule has 2 amide bonds. The first-order chi connectivity index (χ1) is 13.5. The van der Waals surface area contributed by atoms with Crippen molar-refractivity contribution in [3.63, 3.8) is 0 Å². The van der Waals surface area contributed by atoms with E-state index in [-0.39, 0.29) is 17.2 Å². The van der Waals surface area contributed by atoms with Crippen LogP contribution in [0.5, 0.6) is 0 Å². The van der Waals surface area contributed by atoms with Crippen LogP contribution in [0.4, 0.5) is 0 Å². The highest BCUT2D eigenvalue weighted by atomic mass is 16.2. The molecule has 146 valence electrons. The lowest BCUT2D eigenvalue weighted by molar-refractivity contribution is -0.139. The third-order valence-corrected chi connectivity index (χ3v) is 5.81. The number of hydrogen-bond acceptors (Lipinski definition) is 5. The van der Waals surface area contributed by atoms with Crippen LogP contribution in [0.2, 0.25) is 0 Å². The average Bonchev–Trinajstić information content (AvgIpc) is 2.73. The van der Waals surface area contributed by atoms with Crippen molar-refractivity contribution in [2.45, 2.75) is 39.2 Å². The third-order valence-electron chi connectivity index (χ3n) is 5.81. The first-order valence-electron chi connectivity index (χ1n) is 9.79. The van der Waals surface area contributed by atoms with Crippen LogP contribution in [-0.4, -0.2) is 56.2 Å². The Bertz CT molecular complexity index is 855. The first kappa shape index (κ1) is 18.5. The Kier molecular flexibility index (Phi) is 5.07. The second kappa shape index (κ2) is 7.66. The number of likely N-dealkylation sites (tertiary alicyclic amines) is 2. The molecule has 2 aromatic rings. The van der Waals surface area contributed by atoms with Gasteiger partial charge in [0.25, 0.3) is 5.91 Å². The normalized spacial score (nSPS) is 22.5. The van der Waals surface area contributed by atoms with Crippen LogP contribution in [-0.2, 0) is 11.3 Å². The van der Waals surface area contributed by atoms with Crippen LogP contribution in [0, 0.1) is 12.3 Å². The van der Waals surface area contributed by atoms with E-state index in [1.54, 1.807) is 36.9 Å². The topological polar surface area (TPSA) is 79.3 Å². The molecule has 1 unspecified atom stereocenters. The Labute approximate surface area is 164 Å². The predicted molar refractivity (Wildman–Crippen MR) is 103 cm³/mol. The third kappa shape index (κ3) is 3.88. The Morgan fingerprint density at radius 1 is 1.14 bits per heavy atom. The number of carbonyl (C=O) groups is 2. The summed E-state index contributed by atoms with van der Waals surface area (Å²) in [6.07, 6.45) is 10.1. The van der Waals surface area contributed by atoms with Crippen molar-refractivity contribution in [2.24, 2.45) is 5.41 Å². The Morgan fingerprint density at radius 3 is 2.71 bits per heavy atom. The van der Waals surface area contributed by atoms with Gasteiger partial charge < -0.3 is 9.80 Å². The summed E-state index contributed by atoms with van der Waals surface area (Å²) in [5.74, 6) is 0.208. The van der Waals surface area contributed by atoms with Crippen LogP contribution in [0.3, 0.4) is 0 Å². The number of piperidine rings is 2. The van der Waals surface area contributed by atoms with E-state index < -0.39 is 0 Å². The minimum absolute atomic E-state index is 0.0347. The van der Waals surface area contributed by atoms with Gasteiger partial charge in [-0.05, 0) is 38.3 Å². The molecule has 2 aliphatic rings. The molecule has 0 N–H and O–H groups in total. The monoisotopic (exact) mass is 379 g/mol. The van der Waals surface area contributed by atoms with Crippen molar-refractivity contribution in [1.82, 2.24) is 24.8 Å². The van der Waals surface area contributed by atoms with Gasteiger partial charge in [-0.3, -0.25) is 24.5 Å². The summed E-state index contributed by atoms with van der Waals surface area (Å²) in [6, 6.07) is 3.52. The van der Waals surface area contributed by atoms with Gasteiger partial charge in [-0.25, -0.2) is 0 Å². The van der Waals surface area contributed by atoms with Gasteiger partial charge in [-0.1, -0.05) is 0 Å². The smallest absolute Gasteiger partial charge is 0.253 e. The molecule has 4 rings (SSSR count). The average molecular weight is 379 g/mol. The molecule has 0 aliphatic carbocycles. The van der Waals surface area contributed by atoms with Crippen LogP contribution in [0.1, 0.15) is 47.4 Å². The quantitative estimate of drug-likeness (QED) is 0.817. The molecule has 2 aromatic heterocycles. The number of rotatable bonds is 3. The maximum atomic E-state index is 12.9. The maximum absolute atomic E-state index is 12.9.